The molecule has 3 rings (SSSR count). The fraction of sp³-hybridized carbons (Fsp3) is 0.227. The Morgan fingerprint density at radius 3 is 2.58 bits per heavy atom. The molecule has 0 radical (unpaired) electrons. The minimum Gasteiger partial charge on any atom is -0.493 e. The predicted molar refractivity (Wildman–Crippen MR) is 132 cm³/mol. The smallest absolute Gasteiger partial charge is 0.266 e. The molecule has 1 fully saturated rings. The third-order valence-corrected chi connectivity index (χ3v) is 6.52. The Bertz CT molecular complexity index is 1050. The SMILES string of the molecule is CCN1C(=O)/C(=C/c2cc(OC)c(OCC(=O)Nc3ccc(C)cc3)cc2Br)SC1=S. The number of thiocarbonyl (C=S) groups is 1. The van der Waals surface area contributed by atoms with E-state index in [2.05, 4.69) is 21.2 Å². The first-order valence-corrected chi connectivity index (χ1v) is 11.5. The van der Waals surface area contributed by atoms with Gasteiger partial charge in [-0.05, 0) is 49.8 Å². The average Bonchev–Trinajstić information content (AvgIpc) is 3.01. The van der Waals surface area contributed by atoms with Crippen molar-refractivity contribution in [3.05, 3.63) is 56.9 Å². The van der Waals surface area contributed by atoms with Gasteiger partial charge < -0.3 is 14.8 Å². The lowest BCUT2D eigenvalue weighted by Crippen LogP contribution is -2.27. The highest BCUT2D eigenvalue weighted by molar-refractivity contribution is 9.10. The zero-order valence-corrected chi connectivity index (χ0v) is 20.4. The summed E-state index contributed by atoms with van der Waals surface area (Å²) in [6.45, 7) is 4.22. The molecule has 1 aliphatic rings. The number of aryl methyl sites for hydroxylation is 1. The monoisotopic (exact) mass is 520 g/mol. The summed E-state index contributed by atoms with van der Waals surface area (Å²) in [7, 11) is 1.52. The Balaban J connectivity index is 1.73. The average molecular weight is 521 g/mol. The van der Waals surface area contributed by atoms with Gasteiger partial charge in [-0.15, -0.1) is 0 Å². The molecule has 0 aliphatic carbocycles. The van der Waals surface area contributed by atoms with Crippen LogP contribution in [0.1, 0.15) is 18.1 Å². The fourth-order valence-corrected chi connectivity index (χ4v) is 4.64. The number of carbonyl (C=O) groups is 2. The molecule has 1 aliphatic heterocycles. The Hall–Kier alpha value is -2.36. The summed E-state index contributed by atoms with van der Waals surface area (Å²) < 4.78 is 12.3. The summed E-state index contributed by atoms with van der Waals surface area (Å²) in [6.07, 6.45) is 1.76. The standard InChI is InChI=1S/C22H21BrN2O4S2/c1-4-25-21(27)19(31-22(25)30)10-14-9-17(28-3)18(11-16(14)23)29-12-20(26)24-15-7-5-13(2)6-8-15/h5-11H,4,12H2,1-3H3,(H,24,26)/b19-10-. The van der Waals surface area contributed by atoms with E-state index in [4.69, 9.17) is 21.7 Å². The first kappa shape index (κ1) is 23.3. The minimum atomic E-state index is -0.283. The highest BCUT2D eigenvalue weighted by Gasteiger charge is 2.30. The van der Waals surface area contributed by atoms with Gasteiger partial charge in [0, 0.05) is 16.7 Å². The molecule has 0 bridgehead atoms. The molecule has 1 heterocycles. The largest absolute Gasteiger partial charge is 0.493 e. The molecule has 0 aromatic heterocycles. The van der Waals surface area contributed by atoms with Crippen LogP contribution in [0.5, 0.6) is 11.5 Å². The quantitative estimate of drug-likeness (QED) is 0.409. The molecule has 2 amide bonds. The van der Waals surface area contributed by atoms with E-state index in [0.717, 1.165) is 11.1 Å². The summed E-state index contributed by atoms with van der Waals surface area (Å²) in [4.78, 5) is 26.8. The molecular weight excluding hydrogens is 500 g/mol. The molecule has 2 aromatic rings. The number of nitrogens with zero attached hydrogens (tertiary/aromatic N) is 1. The minimum absolute atomic E-state index is 0.114. The maximum absolute atomic E-state index is 12.5. The van der Waals surface area contributed by atoms with Crippen LogP contribution in [-0.4, -0.2) is 41.3 Å². The van der Waals surface area contributed by atoms with Crippen LogP contribution in [0, 0.1) is 6.92 Å². The van der Waals surface area contributed by atoms with E-state index in [1.807, 2.05) is 38.1 Å². The number of thioether (sulfide) groups is 1. The van der Waals surface area contributed by atoms with E-state index in [9.17, 15) is 9.59 Å². The molecule has 31 heavy (non-hydrogen) atoms. The lowest BCUT2D eigenvalue weighted by molar-refractivity contribution is -0.122. The van der Waals surface area contributed by atoms with E-state index in [1.54, 1.807) is 23.1 Å². The third-order valence-electron chi connectivity index (χ3n) is 4.45. The second kappa shape index (κ2) is 10.3. The van der Waals surface area contributed by atoms with Gasteiger partial charge >= 0.3 is 0 Å². The van der Waals surface area contributed by atoms with Gasteiger partial charge in [-0.25, -0.2) is 0 Å². The van der Waals surface area contributed by atoms with Gasteiger partial charge in [-0.3, -0.25) is 14.5 Å². The van der Waals surface area contributed by atoms with Crippen molar-refractivity contribution in [3.63, 3.8) is 0 Å². The van der Waals surface area contributed by atoms with Crippen LogP contribution in [0.4, 0.5) is 5.69 Å². The van der Waals surface area contributed by atoms with Crippen molar-refractivity contribution >= 4 is 67.8 Å². The Kier molecular flexibility index (Phi) is 7.74. The van der Waals surface area contributed by atoms with Crippen molar-refractivity contribution in [2.45, 2.75) is 13.8 Å². The maximum Gasteiger partial charge on any atom is 0.266 e. The number of carbonyl (C=O) groups excluding carboxylic acids is 2. The van der Waals surface area contributed by atoms with Gasteiger partial charge in [-0.1, -0.05) is 57.6 Å². The second-order valence-electron chi connectivity index (χ2n) is 6.65. The molecule has 9 heteroatoms. The number of hydrogen-bond donors (Lipinski definition) is 1. The van der Waals surface area contributed by atoms with Gasteiger partial charge in [-0.2, -0.15) is 0 Å². The van der Waals surface area contributed by atoms with Crippen LogP contribution in [0.3, 0.4) is 0 Å². The summed E-state index contributed by atoms with van der Waals surface area (Å²) in [5.74, 6) is 0.459. The summed E-state index contributed by atoms with van der Waals surface area (Å²) in [5, 5.41) is 2.79. The number of methoxy groups -OCH3 is 1. The Morgan fingerprint density at radius 1 is 1.26 bits per heavy atom. The topological polar surface area (TPSA) is 67.9 Å². The normalized spacial score (nSPS) is 14.8. The molecule has 0 unspecified atom stereocenters. The number of anilines is 1. The second-order valence-corrected chi connectivity index (χ2v) is 9.18. The number of benzene rings is 2. The highest BCUT2D eigenvalue weighted by atomic mass is 79.9. The summed E-state index contributed by atoms with van der Waals surface area (Å²) >= 11 is 10.0. The summed E-state index contributed by atoms with van der Waals surface area (Å²) in [6, 6.07) is 11.0. The number of nitrogens with one attached hydrogen (secondary N) is 1. The number of ether oxygens (including phenoxy) is 2. The number of hydrogen-bond acceptors (Lipinski definition) is 6. The third kappa shape index (κ3) is 5.66. The molecule has 0 saturated carbocycles. The van der Waals surface area contributed by atoms with Crippen LogP contribution >= 0.6 is 39.9 Å². The van der Waals surface area contributed by atoms with E-state index < -0.39 is 0 Å². The molecule has 6 nitrogen and oxygen atoms in total. The first-order valence-electron chi connectivity index (χ1n) is 9.44. The van der Waals surface area contributed by atoms with Crippen LogP contribution in [0.2, 0.25) is 0 Å². The van der Waals surface area contributed by atoms with E-state index in [0.29, 0.717) is 37.4 Å². The first-order chi connectivity index (χ1) is 14.8. The van der Waals surface area contributed by atoms with Crippen LogP contribution in [0.15, 0.2) is 45.8 Å². The predicted octanol–water partition coefficient (Wildman–Crippen LogP) is 5.00. The molecule has 0 spiro atoms. The van der Waals surface area contributed by atoms with Gasteiger partial charge in [0.25, 0.3) is 11.8 Å². The van der Waals surface area contributed by atoms with E-state index in [1.165, 1.54) is 18.9 Å². The van der Waals surface area contributed by atoms with Gasteiger partial charge in [0.1, 0.15) is 4.32 Å². The number of halogens is 1. The Labute approximate surface area is 199 Å². The molecule has 1 saturated heterocycles. The lowest BCUT2D eigenvalue weighted by atomic mass is 10.2. The molecular formula is C22H21BrN2O4S2. The zero-order valence-electron chi connectivity index (χ0n) is 17.2. The molecule has 0 atom stereocenters. The number of rotatable bonds is 7. The van der Waals surface area contributed by atoms with Crippen molar-refractivity contribution < 1.29 is 19.1 Å². The van der Waals surface area contributed by atoms with Crippen molar-refractivity contribution in [1.29, 1.82) is 0 Å². The fourth-order valence-electron chi connectivity index (χ4n) is 2.82. The van der Waals surface area contributed by atoms with Crippen molar-refractivity contribution in [1.82, 2.24) is 4.90 Å². The van der Waals surface area contributed by atoms with Crippen LogP contribution < -0.4 is 14.8 Å². The zero-order chi connectivity index (χ0) is 22.5. The molecule has 162 valence electrons. The van der Waals surface area contributed by atoms with Crippen LogP contribution in [-0.2, 0) is 9.59 Å². The van der Waals surface area contributed by atoms with Gasteiger partial charge in [0.2, 0.25) is 0 Å². The summed E-state index contributed by atoms with van der Waals surface area (Å²) in [5.41, 5.74) is 2.55. The lowest BCUT2D eigenvalue weighted by Gasteiger charge is -2.13. The van der Waals surface area contributed by atoms with Crippen molar-refractivity contribution in [3.8, 4) is 11.5 Å². The van der Waals surface area contributed by atoms with Crippen molar-refractivity contribution in [2.75, 3.05) is 25.6 Å². The van der Waals surface area contributed by atoms with E-state index >= 15 is 0 Å². The highest BCUT2D eigenvalue weighted by Crippen LogP contribution is 2.38. The van der Waals surface area contributed by atoms with E-state index in [-0.39, 0.29) is 18.4 Å². The van der Waals surface area contributed by atoms with Gasteiger partial charge in [0.15, 0.2) is 18.1 Å². The molecule has 2 aromatic carbocycles. The van der Waals surface area contributed by atoms with Crippen molar-refractivity contribution in [2.24, 2.45) is 0 Å². The number of amides is 2. The Morgan fingerprint density at radius 2 is 1.97 bits per heavy atom. The van der Waals surface area contributed by atoms with Crippen LogP contribution in [0.25, 0.3) is 6.08 Å². The van der Waals surface area contributed by atoms with Gasteiger partial charge in [0.05, 0.1) is 12.0 Å². The molecule has 1 N–H and O–H groups in total. The maximum atomic E-state index is 12.5. The number of likely N-dealkylation sites (N-methyl/N-ethyl adjacent to an activating group) is 1.